The Kier molecular flexibility index (Phi) is 3.95. The number of hydrogen-bond donors (Lipinski definition) is 0. The fourth-order valence-corrected chi connectivity index (χ4v) is 1.55. The quantitative estimate of drug-likeness (QED) is 0.618. The second-order valence-electron chi connectivity index (χ2n) is 2.39. The number of benzene rings is 1. The zero-order chi connectivity index (χ0) is 8.97. The molecule has 0 aliphatic carbocycles. The van der Waals surface area contributed by atoms with Crippen molar-refractivity contribution in [3.8, 4) is 0 Å². The summed E-state index contributed by atoms with van der Waals surface area (Å²) in [5.41, 5.74) is 1.94. The molecule has 0 fully saturated rings. The van der Waals surface area contributed by atoms with Gasteiger partial charge in [0.2, 0.25) is 0 Å². The van der Waals surface area contributed by atoms with Gasteiger partial charge in [-0.3, -0.25) is 4.79 Å². The normalized spacial score (nSPS) is 9.83. The molecule has 0 atom stereocenters. The Hall–Kier alpha value is -0.150. The molecule has 3 heteroatoms. The van der Waals surface area contributed by atoms with Gasteiger partial charge in [-0.25, -0.2) is 0 Å². The summed E-state index contributed by atoms with van der Waals surface area (Å²) in [6.45, 7) is 0. The number of alkyl halides is 2. The SMILES string of the molecule is O=C(CBr)c1ccc(CBr)cc1. The molecule has 0 saturated heterocycles. The molecule has 0 radical (unpaired) electrons. The molecule has 0 aliphatic heterocycles. The predicted octanol–water partition coefficient (Wildman–Crippen LogP) is 3.16. The molecule has 1 aromatic carbocycles. The lowest BCUT2D eigenvalue weighted by Gasteiger charge is -1.98. The van der Waals surface area contributed by atoms with Crippen molar-refractivity contribution >= 4 is 37.6 Å². The third-order valence-electron chi connectivity index (χ3n) is 1.55. The van der Waals surface area contributed by atoms with Crippen LogP contribution in [0.3, 0.4) is 0 Å². The maximum absolute atomic E-state index is 11.2. The van der Waals surface area contributed by atoms with Crippen molar-refractivity contribution in [2.75, 3.05) is 5.33 Å². The average molecular weight is 292 g/mol. The molecule has 0 aliphatic rings. The highest BCUT2D eigenvalue weighted by molar-refractivity contribution is 9.09. The first-order valence-corrected chi connectivity index (χ1v) is 5.76. The minimum atomic E-state index is 0.121. The van der Waals surface area contributed by atoms with E-state index in [0.717, 1.165) is 10.9 Å². The molecule has 64 valence electrons. The van der Waals surface area contributed by atoms with Crippen LogP contribution in [0.4, 0.5) is 0 Å². The van der Waals surface area contributed by atoms with E-state index in [2.05, 4.69) is 31.9 Å². The minimum absolute atomic E-state index is 0.121. The van der Waals surface area contributed by atoms with Crippen molar-refractivity contribution < 1.29 is 4.79 Å². The molecule has 1 nitrogen and oxygen atoms in total. The maximum atomic E-state index is 11.2. The van der Waals surface area contributed by atoms with Gasteiger partial charge in [0.15, 0.2) is 5.78 Å². The molecule has 0 bridgehead atoms. The molecule has 0 saturated carbocycles. The molecule has 0 heterocycles. The van der Waals surface area contributed by atoms with Crippen LogP contribution in [0.5, 0.6) is 0 Å². The van der Waals surface area contributed by atoms with Gasteiger partial charge < -0.3 is 0 Å². The van der Waals surface area contributed by atoms with E-state index in [-0.39, 0.29) is 5.78 Å². The smallest absolute Gasteiger partial charge is 0.173 e. The summed E-state index contributed by atoms with van der Waals surface area (Å²) in [5.74, 6) is 0.121. The second kappa shape index (κ2) is 4.77. The summed E-state index contributed by atoms with van der Waals surface area (Å²) >= 11 is 6.47. The number of halogens is 2. The lowest BCUT2D eigenvalue weighted by atomic mass is 10.1. The summed E-state index contributed by atoms with van der Waals surface area (Å²) in [6, 6.07) is 7.59. The van der Waals surface area contributed by atoms with E-state index >= 15 is 0 Å². The summed E-state index contributed by atoms with van der Waals surface area (Å²) in [4.78, 5) is 11.2. The number of carbonyl (C=O) groups is 1. The van der Waals surface area contributed by atoms with E-state index in [9.17, 15) is 4.79 Å². The Labute approximate surface area is 88.4 Å². The summed E-state index contributed by atoms with van der Waals surface area (Å²) in [7, 11) is 0. The van der Waals surface area contributed by atoms with Crippen molar-refractivity contribution in [2.24, 2.45) is 0 Å². The molecule has 12 heavy (non-hydrogen) atoms. The standard InChI is InChI=1S/C9H8Br2O/c10-5-7-1-3-8(4-2-7)9(12)6-11/h1-4H,5-6H2. The van der Waals surface area contributed by atoms with Crippen molar-refractivity contribution in [1.82, 2.24) is 0 Å². The zero-order valence-electron chi connectivity index (χ0n) is 6.39. The first-order chi connectivity index (χ1) is 5.77. The lowest BCUT2D eigenvalue weighted by molar-refractivity contribution is 0.102. The van der Waals surface area contributed by atoms with Gasteiger partial charge >= 0.3 is 0 Å². The minimum Gasteiger partial charge on any atom is -0.293 e. The number of ketones is 1. The Morgan fingerprint density at radius 3 is 2.17 bits per heavy atom. The molecule has 0 N–H and O–H groups in total. The largest absolute Gasteiger partial charge is 0.293 e. The van der Waals surface area contributed by atoms with Gasteiger partial charge in [0.25, 0.3) is 0 Å². The molecule has 0 spiro atoms. The lowest BCUT2D eigenvalue weighted by Crippen LogP contribution is -1.99. The first-order valence-electron chi connectivity index (χ1n) is 3.52. The molecular formula is C9H8Br2O. The van der Waals surface area contributed by atoms with Crippen LogP contribution in [0.25, 0.3) is 0 Å². The van der Waals surface area contributed by atoms with E-state index in [1.54, 1.807) is 0 Å². The van der Waals surface area contributed by atoms with Crippen LogP contribution >= 0.6 is 31.9 Å². The van der Waals surface area contributed by atoms with Gasteiger partial charge in [-0.1, -0.05) is 56.1 Å². The highest BCUT2D eigenvalue weighted by Crippen LogP contribution is 2.09. The third-order valence-corrected chi connectivity index (χ3v) is 2.71. The van der Waals surface area contributed by atoms with E-state index in [1.807, 2.05) is 24.3 Å². The Bertz CT molecular complexity index is 266. The Balaban J connectivity index is 2.84. The third kappa shape index (κ3) is 2.42. The summed E-state index contributed by atoms with van der Waals surface area (Å²) in [6.07, 6.45) is 0. The van der Waals surface area contributed by atoms with Gasteiger partial charge in [-0.2, -0.15) is 0 Å². The number of carbonyl (C=O) groups excluding carboxylic acids is 1. The Morgan fingerprint density at radius 1 is 1.17 bits per heavy atom. The molecule has 0 amide bonds. The predicted molar refractivity (Wildman–Crippen MR) is 57.2 cm³/mol. The monoisotopic (exact) mass is 290 g/mol. The van der Waals surface area contributed by atoms with E-state index in [1.165, 1.54) is 5.56 Å². The van der Waals surface area contributed by atoms with E-state index < -0.39 is 0 Å². The van der Waals surface area contributed by atoms with E-state index in [4.69, 9.17) is 0 Å². The zero-order valence-corrected chi connectivity index (χ0v) is 9.56. The van der Waals surface area contributed by atoms with E-state index in [0.29, 0.717) is 5.33 Å². The van der Waals surface area contributed by atoms with Crippen LogP contribution in [0.2, 0.25) is 0 Å². The Morgan fingerprint density at radius 2 is 1.75 bits per heavy atom. The van der Waals surface area contributed by atoms with Crippen LogP contribution in [0.1, 0.15) is 15.9 Å². The fraction of sp³-hybridized carbons (Fsp3) is 0.222. The molecule has 0 unspecified atom stereocenters. The van der Waals surface area contributed by atoms with Gasteiger partial charge in [0.05, 0.1) is 5.33 Å². The second-order valence-corrected chi connectivity index (χ2v) is 3.51. The maximum Gasteiger partial charge on any atom is 0.173 e. The van der Waals surface area contributed by atoms with Crippen LogP contribution in [0.15, 0.2) is 24.3 Å². The van der Waals surface area contributed by atoms with Gasteiger partial charge in [0.1, 0.15) is 0 Å². The first kappa shape index (κ1) is 9.93. The fourth-order valence-electron chi connectivity index (χ4n) is 0.857. The van der Waals surface area contributed by atoms with Crippen LogP contribution in [-0.2, 0) is 5.33 Å². The van der Waals surface area contributed by atoms with Crippen LogP contribution in [-0.4, -0.2) is 11.1 Å². The number of rotatable bonds is 3. The topological polar surface area (TPSA) is 17.1 Å². The molecule has 1 rings (SSSR count). The molecular weight excluding hydrogens is 284 g/mol. The molecule has 0 aromatic heterocycles. The number of Topliss-reactive ketones (excluding diaryl/α,β-unsaturated/α-hetero) is 1. The number of hydrogen-bond acceptors (Lipinski definition) is 1. The molecule has 1 aromatic rings. The van der Waals surface area contributed by atoms with Crippen molar-refractivity contribution in [1.29, 1.82) is 0 Å². The van der Waals surface area contributed by atoms with Crippen molar-refractivity contribution in [3.05, 3.63) is 35.4 Å². The average Bonchev–Trinajstić information content (AvgIpc) is 2.17. The highest BCUT2D eigenvalue weighted by atomic mass is 79.9. The van der Waals surface area contributed by atoms with Gasteiger partial charge in [-0.05, 0) is 5.56 Å². The van der Waals surface area contributed by atoms with Gasteiger partial charge in [-0.15, -0.1) is 0 Å². The highest BCUT2D eigenvalue weighted by Gasteiger charge is 2.01. The van der Waals surface area contributed by atoms with Crippen LogP contribution < -0.4 is 0 Å². The summed E-state index contributed by atoms with van der Waals surface area (Å²) in [5, 5.41) is 1.22. The summed E-state index contributed by atoms with van der Waals surface area (Å²) < 4.78 is 0. The van der Waals surface area contributed by atoms with Gasteiger partial charge in [0, 0.05) is 10.9 Å². The van der Waals surface area contributed by atoms with Crippen molar-refractivity contribution in [2.45, 2.75) is 5.33 Å². The van der Waals surface area contributed by atoms with Crippen LogP contribution in [0, 0.1) is 0 Å². The van der Waals surface area contributed by atoms with Crippen molar-refractivity contribution in [3.63, 3.8) is 0 Å².